The number of carbonyl (C=O) groups excluding carboxylic acids is 2. The summed E-state index contributed by atoms with van der Waals surface area (Å²) in [5, 5.41) is -0.609. The summed E-state index contributed by atoms with van der Waals surface area (Å²) in [5.41, 5.74) is 0. The van der Waals surface area contributed by atoms with Crippen LogP contribution in [0.3, 0.4) is 0 Å². The van der Waals surface area contributed by atoms with Crippen LogP contribution < -0.4 is 0 Å². The number of likely N-dealkylation sites (N-methyl/N-ethyl adjacent to an activating group) is 1. The molecule has 3 amide bonds. The SMILES string of the molecule is CC(C)N1C(=O)N(C)C(=O)C1S. The van der Waals surface area contributed by atoms with Crippen LogP contribution in [0.25, 0.3) is 0 Å². The van der Waals surface area contributed by atoms with Gasteiger partial charge in [-0.2, -0.15) is 0 Å². The lowest BCUT2D eigenvalue weighted by atomic mass is 10.3. The molecule has 1 atom stereocenters. The van der Waals surface area contributed by atoms with E-state index in [1.807, 2.05) is 13.8 Å². The third-order valence-corrected chi connectivity index (χ3v) is 2.35. The van der Waals surface area contributed by atoms with Crippen LogP contribution in [0, 0.1) is 0 Å². The van der Waals surface area contributed by atoms with Gasteiger partial charge < -0.3 is 4.90 Å². The second-order valence-electron chi connectivity index (χ2n) is 3.05. The van der Waals surface area contributed by atoms with Crippen molar-refractivity contribution in [2.45, 2.75) is 25.3 Å². The molecule has 1 rings (SSSR count). The molecule has 0 radical (unpaired) electrons. The molecule has 1 heterocycles. The second kappa shape index (κ2) is 2.97. The molecule has 0 bridgehead atoms. The van der Waals surface area contributed by atoms with E-state index in [1.165, 1.54) is 11.9 Å². The van der Waals surface area contributed by atoms with Crippen molar-refractivity contribution in [1.29, 1.82) is 0 Å². The van der Waals surface area contributed by atoms with Crippen molar-refractivity contribution in [1.82, 2.24) is 9.80 Å². The molecule has 1 aliphatic rings. The number of hydrogen-bond donors (Lipinski definition) is 1. The highest BCUT2D eigenvalue weighted by molar-refractivity contribution is 7.81. The van der Waals surface area contributed by atoms with E-state index in [1.54, 1.807) is 0 Å². The van der Waals surface area contributed by atoms with Gasteiger partial charge >= 0.3 is 6.03 Å². The Bertz CT molecular complexity index is 229. The van der Waals surface area contributed by atoms with Gasteiger partial charge in [-0.1, -0.05) is 0 Å². The van der Waals surface area contributed by atoms with Crippen LogP contribution in [-0.2, 0) is 4.79 Å². The molecule has 0 saturated carbocycles. The maximum absolute atomic E-state index is 11.3. The van der Waals surface area contributed by atoms with Gasteiger partial charge in [0.15, 0.2) is 5.37 Å². The van der Waals surface area contributed by atoms with Gasteiger partial charge in [-0.05, 0) is 13.8 Å². The minimum Gasteiger partial charge on any atom is -0.301 e. The first-order valence-electron chi connectivity index (χ1n) is 3.74. The van der Waals surface area contributed by atoms with Crippen LogP contribution in [0.2, 0.25) is 0 Å². The van der Waals surface area contributed by atoms with Crippen LogP contribution in [0.1, 0.15) is 13.8 Å². The Labute approximate surface area is 76.9 Å². The predicted molar refractivity (Wildman–Crippen MR) is 47.9 cm³/mol. The number of rotatable bonds is 1. The second-order valence-corrected chi connectivity index (χ2v) is 3.54. The van der Waals surface area contributed by atoms with Gasteiger partial charge in [0.25, 0.3) is 5.91 Å². The summed E-state index contributed by atoms with van der Waals surface area (Å²) in [6.07, 6.45) is 0. The summed E-state index contributed by atoms with van der Waals surface area (Å²) in [4.78, 5) is 25.1. The first-order valence-corrected chi connectivity index (χ1v) is 4.26. The van der Waals surface area contributed by atoms with Crippen molar-refractivity contribution in [2.75, 3.05) is 7.05 Å². The molecule has 0 aromatic rings. The Hall–Kier alpha value is -0.710. The number of thiol groups is 1. The lowest BCUT2D eigenvalue weighted by molar-refractivity contribution is -0.125. The third-order valence-electron chi connectivity index (χ3n) is 1.88. The Morgan fingerprint density at radius 1 is 1.42 bits per heavy atom. The van der Waals surface area contributed by atoms with Gasteiger partial charge in [0.1, 0.15) is 0 Å². The fraction of sp³-hybridized carbons (Fsp3) is 0.714. The van der Waals surface area contributed by atoms with E-state index in [0.29, 0.717) is 0 Å². The van der Waals surface area contributed by atoms with E-state index in [2.05, 4.69) is 12.6 Å². The van der Waals surface area contributed by atoms with Gasteiger partial charge in [0.2, 0.25) is 0 Å². The molecular weight excluding hydrogens is 176 g/mol. The van der Waals surface area contributed by atoms with E-state index in [0.717, 1.165) is 4.90 Å². The average molecular weight is 188 g/mol. The largest absolute Gasteiger partial charge is 0.328 e. The average Bonchev–Trinajstić information content (AvgIpc) is 2.16. The summed E-state index contributed by atoms with van der Waals surface area (Å²) < 4.78 is 0. The fourth-order valence-corrected chi connectivity index (χ4v) is 1.71. The van der Waals surface area contributed by atoms with Crippen LogP contribution in [-0.4, -0.2) is 40.2 Å². The molecule has 68 valence electrons. The number of carbonyl (C=O) groups is 2. The van der Waals surface area contributed by atoms with Crippen LogP contribution >= 0.6 is 12.6 Å². The third kappa shape index (κ3) is 1.18. The first kappa shape index (κ1) is 9.38. The summed E-state index contributed by atoms with van der Waals surface area (Å²) in [6.45, 7) is 3.71. The zero-order chi connectivity index (χ0) is 9.46. The molecular formula is C7H12N2O2S. The van der Waals surface area contributed by atoms with Crippen molar-refractivity contribution in [3.63, 3.8) is 0 Å². The van der Waals surface area contributed by atoms with E-state index in [4.69, 9.17) is 0 Å². The Kier molecular flexibility index (Phi) is 2.32. The van der Waals surface area contributed by atoms with Gasteiger partial charge in [-0.25, -0.2) is 4.79 Å². The Morgan fingerprint density at radius 2 is 1.92 bits per heavy atom. The molecule has 1 aliphatic heterocycles. The molecule has 0 aromatic heterocycles. The first-order chi connectivity index (χ1) is 5.46. The van der Waals surface area contributed by atoms with Gasteiger partial charge in [0.05, 0.1) is 0 Å². The van der Waals surface area contributed by atoms with Gasteiger partial charge in [-0.15, -0.1) is 12.6 Å². The number of nitrogens with zero attached hydrogens (tertiary/aromatic N) is 2. The number of urea groups is 1. The molecule has 5 heteroatoms. The minimum atomic E-state index is -0.609. The molecule has 0 N–H and O–H groups in total. The van der Waals surface area contributed by atoms with E-state index in [-0.39, 0.29) is 18.0 Å². The van der Waals surface area contributed by atoms with Crippen LogP contribution in [0.15, 0.2) is 0 Å². The van der Waals surface area contributed by atoms with Crippen LogP contribution in [0.4, 0.5) is 4.79 Å². The van der Waals surface area contributed by atoms with Crippen molar-refractivity contribution in [3.05, 3.63) is 0 Å². The van der Waals surface area contributed by atoms with E-state index < -0.39 is 5.37 Å². The lowest BCUT2D eigenvalue weighted by Crippen LogP contribution is -2.37. The molecule has 1 unspecified atom stereocenters. The van der Waals surface area contributed by atoms with Crippen molar-refractivity contribution in [2.24, 2.45) is 0 Å². The lowest BCUT2D eigenvalue weighted by Gasteiger charge is -2.22. The summed E-state index contributed by atoms with van der Waals surface area (Å²) in [5.74, 6) is -0.253. The number of imide groups is 1. The topological polar surface area (TPSA) is 40.6 Å². The molecule has 1 fully saturated rings. The summed E-state index contributed by atoms with van der Waals surface area (Å²) >= 11 is 4.05. The van der Waals surface area contributed by atoms with Crippen molar-refractivity contribution < 1.29 is 9.59 Å². The fourth-order valence-electron chi connectivity index (χ4n) is 1.17. The number of hydrogen-bond acceptors (Lipinski definition) is 3. The van der Waals surface area contributed by atoms with E-state index in [9.17, 15) is 9.59 Å². The van der Waals surface area contributed by atoms with E-state index >= 15 is 0 Å². The molecule has 0 aromatic carbocycles. The quantitative estimate of drug-likeness (QED) is 0.482. The van der Waals surface area contributed by atoms with Gasteiger partial charge in [-0.3, -0.25) is 9.69 Å². The van der Waals surface area contributed by atoms with Crippen molar-refractivity contribution >= 4 is 24.6 Å². The molecule has 0 aliphatic carbocycles. The predicted octanol–water partition coefficient (Wildman–Crippen LogP) is 0.545. The smallest absolute Gasteiger partial charge is 0.301 e. The Morgan fingerprint density at radius 3 is 2.08 bits per heavy atom. The molecule has 1 saturated heterocycles. The maximum Gasteiger partial charge on any atom is 0.328 e. The highest BCUT2D eigenvalue weighted by Crippen LogP contribution is 2.20. The van der Waals surface area contributed by atoms with Gasteiger partial charge in [0, 0.05) is 13.1 Å². The Balaban J connectivity index is 2.91. The minimum absolute atomic E-state index is 0.00824. The van der Waals surface area contributed by atoms with Crippen molar-refractivity contribution in [3.8, 4) is 0 Å². The normalized spacial score (nSPS) is 24.6. The zero-order valence-corrected chi connectivity index (χ0v) is 8.21. The summed E-state index contributed by atoms with van der Waals surface area (Å²) in [7, 11) is 1.47. The monoisotopic (exact) mass is 188 g/mol. The highest BCUT2D eigenvalue weighted by Gasteiger charge is 2.41. The number of amides is 3. The molecule has 12 heavy (non-hydrogen) atoms. The van der Waals surface area contributed by atoms with Crippen LogP contribution in [0.5, 0.6) is 0 Å². The zero-order valence-electron chi connectivity index (χ0n) is 7.31. The summed E-state index contributed by atoms with van der Waals surface area (Å²) in [6, 6.07) is -0.260. The standard InChI is InChI=1S/C7H12N2O2S/c1-4(2)9-6(12)5(10)8(3)7(9)11/h4,6,12H,1-3H3. The molecule has 0 spiro atoms. The maximum atomic E-state index is 11.3. The molecule has 4 nitrogen and oxygen atoms in total. The highest BCUT2D eigenvalue weighted by atomic mass is 32.1.